The van der Waals surface area contributed by atoms with Crippen LogP contribution in [-0.2, 0) is 0 Å². The average molecular weight is 235 g/mol. The molecule has 11 heavy (non-hydrogen) atoms. The molecule has 0 aliphatic rings. The third-order valence-electron chi connectivity index (χ3n) is 0.839. The Kier molecular flexibility index (Phi) is 7.35. The zero-order valence-corrected chi connectivity index (χ0v) is 8.37. The maximum Gasteiger partial charge on any atom is 2.00 e. The van der Waals surface area contributed by atoms with Crippen molar-refractivity contribution in [3.05, 3.63) is 35.7 Å². The number of hydrogen-bond acceptors (Lipinski definition) is 0. The van der Waals surface area contributed by atoms with Crippen molar-refractivity contribution >= 4 is 23.1 Å². The molecule has 0 spiro atoms. The van der Waals surface area contributed by atoms with E-state index in [1.54, 1.807) is 0 Å². The molecule has 0 N–H and O–H groups in total. The molecule has 0 saturated heterocycles. The van der Waals surface area contributed by atoms with Crippen molar-refractivity contribution in [1.82, 2.24) is 0 Å². The normalized spacial score (nSPS) is 7.91. The largest absolute Gasteiger partial charge is 2.00 e. The molecule has 0 aliphatic carbocycles. The van der Waals surface area contributed by atoms with Gasteiger partial charge in [0.15, 0.2) is 0 Å². The predicted molar refractivity (Wildman–Crippen MR) is 30.9 cm³/mol. The van der Waals surface area contributed by atoms with Crippen molar-refractivity contribution in [2.24, 2.45) is 0 Å². The zero-order chi connectivity index (χ0) is 6.85. The third-order valence-corrected chi connectivity index (χ3v) is 0.839. The average Bonchev–Trinajstić information content (AvgIpc) is 1.83. The van der Waals surface area contributed by atoms with Gasteiger partial charge in [0.1, 0.15) is 0 Å². The van der Waals surface area contributed by atoms with Gasteiger partial charge in [-0.25, -0.2) is 4.39 Å². The molecule has 0 unspecified atom stereocenters. The van der Waals surface area contributed by atoms with Crippen LogP contribution in [-0.4, -0.2) is 23.1 Å². The summed E-state index contributed by atoms with van der Waals surface area (Å²) in [5.41, 5.74) is 0. The van der Waals surface area contributed by atoms with Crippen molar-refractivity contribution in [1.29, 1.82) is 0 Å². The maximum absolute atomic E-state index is 12.0. The topological polar surface area (TPSA) is 0 Å². The zero-order valence-electron chi connectivity index (χ0n) is 5.37. The fraction of sp³-hybridized carbons (Fsp3) is 0. The SMILES string of the molecule is Fc1c[c-]cc(F)c1F.[Br-].[Mg+2]. The molecule has 0 fully saturated rings. The van der Waals surface area contributed by atoms with Gasteiger partial charge >= 0.3 is 23.1 Å². The standard InChI is InChI=1S/C6H2F3.BrH.Mg/c7-4-2-1-3-5(8)6(4)9;;/h2-3H;1H;/q-1;;+2/p-1. The van der Waals surface area contributed by atoms with E-state index < -0.39 is 17.5 Å². The quantitative estimate of drug-likeness (QED) is 0.292. The van der Waals surface area contributed by atoms with Crippen molar-refractivity contribution in [3.63, 3.8) is 0 Å². The molecule has 1 rings (SSSR count). The van der Waals surface area contributed by atoms with Crippen molar-refractivity contribution in [3.8, 4) is 0 Å². The Hall–Kier alpha value is 0.256. The fourth-order valence-corrected chi connectivity index (χ4v) is 0.429. The van der Waals surface area contributed by atoms with Gasteiger partial charge in [-0.05, 0) is 0 Å². The molecule has 0 aliphatic heterocycles. The third kappa shape index (κ3) is 3.44. The Bertz CT molecular complexity index is 209. The second kappa shape index (κ2) is 5.85. The van der Waals surface area contributed by atoms with Crippen LogP contribution < -0.4 is 17.0 Å². The van der Waals surface area contributed by atoms with Gasteiger partial charge in [-0.1, -0.05) is 0 Å². The van der Waals surface area contributed by atoms with Crippen molar-refractivity contribution in [2.75, 3.05) is 0 Å². The van der Waals surface area contributed by atoms with Crippen LogP contribution in [0, 0.1) is 23.5 Å². The fourth-order valence-electron chi connectivity index (χ4n) is 0.429. The first-order chi connectivity index (χ1) is 4.22. The molecule has 56 valence electrons. The molecular weight excluding hydrogens is 233 g/mol. The summed E-state index contributed by atoms with van der Waals surface area (Å²) in [5, 5.41) is 0. The van der Waals surface area contributed by atoms with E-state index in [2.05, 4.69) is 6.07 Å². The van der Waals surface area contributed by atoms with Gasteiger partial charge in [0, 0.05) is 11.6 Å². The molecule has 0 saturated carbocycles. The van der Waals surface area contributed by atoms with Gasteiger partial charge < -0.3 is 17.0 Å². The Labute approximate surface area is 88.7 Å². The molecular formula is C6H2BrF3Mg. The monoisotopic (exact) mass is 234 g/mol. The van der Waals surface area contributed by atoms with Crippen molar-refractivity contribution < 1.29 is 30.2 Å². The van der Waals surface area contributed by atoms with Crippen LogP contribution in [0.25, 0.3) is 0 Å². The summed E-state index contributed by atoms with van der Waals surface area (Å²) >= 11 is 0. The molecule has 1 aromatic carbocycles. The number of halogens is 4. The smallest absolute Gasteiger partial charge is 1.00 e. The second-order valence-corrected chi connectivity index (χ2v) is 1.47. The van der Waals surface area contributed by atoms with E-state index in [-0.39, 0.29) is 40.0 Å². The molecule has 0 radical (unpaired) electrons. The van der Waals surface area contributed by atoms with Crippen LogP contribution in [0.5, 0.6) is 0 Å². The Morgan fingerprint density at radius 1 is 1.00 bits per heavy atom. The van der Waals surface area contributed by atoms with Crippen LogP contribution in [0.3, 0.4) is 0 Å². The summed E-state index contributed by atoms with van der Waals surface area (Å²) < 4.78 is 35.8. The summed E-state index contributed by atoms with van der Waals surface area (Å²) in [7, 11) is 0. The summed E-state index contributed by atoms with van der Waals surface area (Å²) in [5.74, 6) is -3.88. The first kappa shape index (κ1) is 13.8. The number of benzene rings is 1. The first-order valence-corrected chi connectivity index (χ1v) is 2.22. The predicted octanol–water partition coefficient (Wildman–Crippen LogP) is -1.47. The van der Waals surface area contributed by atoms with Crippen LogP contribution in [0.1, 0.15) is 0 Å². The van der Waals surface area contributed by atoms with E-state index in [1.165, 1.54) is 0 Å². The molecule has 0 heterocycles. The van der Waals surface area contributed by atoms with Gasteiger partial charge in [0.2, 0.25) is 0 Å². The van der Waals surface area contributed by atoms with E-state index in [1.807, 2.05) is 0 Å². The molecule has 5 heteroatoms. The molecule has 0 atom stereocenters. The Balaban J connectivity index is 0. The Morgan fingerprint density at radius 3 is 1.64 bits per heavy atom. The summed E-state index contributed by atoms with van der Waals surface area (Å²) in [6.07, 6.45) is 0. The Morgan fingerprint density at radius 2 is 1.36 bits per heavy atom. The van der Waals surface area contributed by atoms with Gasteiger partial charge in [-0.3, -0.25) is 8.78 Å². The van der Waals surface area contributed by atoms with Gasteiger partial charge in [-0.2, -0.15) is 6.07 Å². The maximum atomic E-state index is 12.0. The summed E-state index contributed by atoms with van der Waals surface area (Å²) in [6.45, 7) is 0. The van der Waals surface area contributed by atoms with Gasteiger partial charge in [0.25, 0.3) is 0 Å². The van der Waals surface area contributed by atoms with Gasteiger partial charge in [-0.15, -0.1) is 12.1 Å². The van der Waals surface area contributed by atoms with E-state index in [9.17, 15) is 13.2 Å². The van der Waals surface area contributed by atoms with Crippen LogP contribution in [0.2, 0.25) is 0 Å². The molecule has 0 amide bonds. The van der Waals surface area contributed by atoms with Crippen LogP contribution in [0.4, 0.5) is 13.2 Å². The molecule has 0 aromatic heterocycles. The van der Waals surface area contributed by atoms with E-state index in [0.717, 1.165) is 12.1 Å². The summed E-state index contributed by atoms with van der Waals surface area (Å²) in [6, 6.07) is 3.55. The number of hydrogen-bond donors (Lipinski definition) is 0. The second-order valence-electron chi connectivity index (χ2n) is 1.47. The minimum Gasteiger partial charge on any atom is -1.00 e. The van der Waals surface area contributed by atoms with E-state index in [0.29, 0.717) is 0 Å². The van der Waals surface area contributed by atoms with Crippen LogP contribution in [0.15, 0.2) is 12.1 Å². The summed E-state index contributed by atoms with van der Waals surface area (Å²) in [4.78, 5) is 0. The minimum atomic E-state index is -1.45. The number of rotatable bonds is 0. The van der Waals surface area contributed by atoms with Crippen molar-refractivity contribution in [2.45, 2.75) is 0 Å². The van der Waals surface area contributed by atoms with Crippen LogP contribution >= 0.6 is 0 Å². The minimum absolute atomic E-state index is 0. The van der Waals surface area contributed by atoms with E-state index >= 15 is 0 Å². The molecule has 0 bridgehead atoms. The van der Waals surface area contributed by atoms with E-state index in [4.69, 9.17) is 0 Å². The first-order valence-electron chi connectivity index (χ1n) is 2.22. The molecule has 1 aromatic rings. The molecule has 0 nitrogen and oxygen atoms in total. The van der Waals surface area contributed by atoms with Gasteiger partial charge in [0.05, 0.1) is 5.82 Å².